The normalized spacial score (nSPS) is 13.9. The highest BCUT2D eigenvalue weighted by molar-refractivity contribution is 5.83. The third kappa shape index (κ3) is 4.33. The molecule has 4 rings (SSSR count). The molecule has 3 aromatic rings. The zero-order chi connectivity index (χ0) is 18.3. The lowest BCUT2D eigenvalue weighted by Gasteiger charge is -2.22. The van der Waals surface area contributed by atoms with Crippen molar-refractivity contribution < 1.29 is 0 Å². The summed E-state index contributed by atoms with van der Waals surface area (Å²) in [7, 11) is 0. The van der Waals surface area contributed by atoms with Crippen molar-refractivity contribution in [1.82, 2.24) is 27.2 Å². The van der Waals surface area contributed by atoms with Crippen LogP contribution in [0.2, 0.25) is 0 Å². The first-order valence-corrected chi connectivity index (χ1v) is 8.85. The first-order valence-electron chi connectivity index (χ1n) is 8.85. The lowest BCUT2D eigenvalue weighted by molar-refractivity contribution is 0.466. The number of hydrazine groups is 3. The van der Waals surface area contributed by atoms with Crippen molar-refractivity contribution in [2.45, 2.75) is 6.29 Å². The molecule has 0 spiro atoms. The van der Waals surface area contributed by atoms with Crippen molar-refractivity contribution in [3.05, 3.63) is 108 Å². The predicted octanol–water partition coefficient (Wildman–Crippen LogP) is 2.51. The second-order valence-corrected chi connectivity index (χ2v) is 6.09. The summed E-state index contributed by atoms with van der Waals surface area (Å²) in [4.78, 5) is 0. The van der Waals surface area contributed by atoms with Crippen LogP contribution in [-0.4, -0.2) is 6.29 Å². The fraction of sp³-hybridized carbons (Fsp3) is 0.0476. The van der Waals surface area contributed by atoms with Crippen molar-refractivity contribution >= 4 is 11.3 Å². The first kappa shape index (κ1) is 17.3. The van der Waals surface area contributed by atoms with Crippen molar-refractivity contribution in [3.63, 3.8) is 0 Å². The second-order valence-electron chi connectivity index (χ2n) is 6.09. The van der Waals surface area contributed by atoms with Crippen LogP contribution in [0.3, 0.4) is 0 Å². The maximum Gasteiger partial charge on any atom is 0.161 e. The molecule has 1 saturated heterocycles. The molecule has 6 N–H and O–H groups in total. The Morgan fingerprint density at radius 1 is 0.630 bits per heavy atom. The fourth-order valence-corrected chi connectivity index (χ4v) is 2.97. The van der Waals surface area contributed by atoms with E-state index in [1.54, 1.807) is 0 Å². The van der Waals surface area contributed by atoms with Gasteiger partial charge in [0, 0.05) is 11.3 Å². The molecule has 6 nitrogen and oxygen atoms in total. The topological polar surface area (TPSA) is 72.2 Å². The molecule has 1 aliphatic rings. The maximum absolute atomic E-state index is 3.54. The molecule has 0 aliphatic carbocycles. The van der Waals surface area contributed by atoms with Gasteiger partial charge in [0.15, 0.2) is 6.29 Å². The summed E-state index contributed by atoms with van der Waals surface area (Å²) in [6.07, 6.45) is -0.196. The van der Waals surface area contributed by atoms with E-state index in [-0.39, 0.29) is 6.29 Å². The van der Waals surface area contributed by atoms with E-state index in [1.165, 1.54) is 0 Å². The van der Waals surface area contributed by atoms with Gasteiger partial charge in [0.05, 0.1) is 0 Å². The summed E-state index contributed by atoms with van der Waals surface area (Å²) in [5.74, 6) is 0.883. The molecule has 136 valence electrons. The third-order valence-corrected chi connectivity index (χ3v) is 4.20. The molecule has 27 heavy (non-hydrogen) atoms. The van der Waals surface area contributed by atoms with Crippen molar-refractivity contribution in [1.29, 1.82) is 0 Å². The molecule has 0 amide bonds. The van der Waals surface area contributed by atoms with Gasteiger partial charge in [0.1, 0.15) is 5.82 Å². The summed E-state index contributed by atoms with van der Waals surface area (Å²) in [5, 5.41) is 7.02. The second kappa shape index (κ2) is 8.48. The van der Waals surface area contributed by atoms with Crippen LogP contribution in [0, 0.1) is 0 Å². The Labute approximate surface area is 158 Å². The van der Waals surface area contributed by atoms with E-state index in [0.29, 0.717) is 0 Å². The van der Waals surface area contributed by atoms with Crippen LogP contribution in [0.25, 0.3) is 5.57 Å². The number of anilines is 1. The molecule has 1 heterocycles. The van der Waals surface area contributed by atoms with Crippen molar-refractivity contribution in [2.24, 2.45) is 0 Å². The number of hydrogen-bond donors (Lipinski definition) is 6. The summed E-state index contributed by atoms with van der Waals surface area (Å²) < 4.78 is 0. The minimum Gasteiger partial charge on any atom is -0.341 e. The van der Waals surface area contributed by atoms with E-state index in [0.717, 1.165) is 28.2 Å². The van der Waals surface area contributed by atoms with Crippen LogP contribution in [0.5, 0.6) is 0 Å². The summed E-state index contributed by atoms with van der Waals surface area (Å²) in [6.45, 7) is 0. The number of para-hydroxylation sites is 1. The Balaban J connectivity index is 1.82. The SMILES string of the molecule is c1ccc(NC(NC2NNNN2)=C(c2ccccc2)c2ccccc2)cc1. The molecular formula is C21H22N6. The van der Waals surface area contributed by atoms with Crippen LogP contribution in [0.15, 0.2) is 96.8 Å². The molecule has 0 bridgehead atoms. The smallest absolute Gasteiger partial charge is 0.161 e. The predicted molar refractivity (Wildman–Crippen MR) is 108 cm³/mol. The molecule has 3 aromatic carbocycles. The van der Waals surface area contributed by atoms with Crippen LogP contribution >= 0.6 is 0 Å². The van der Waals surface area contributed by atoms with Gasteiger partial charge in [0.25, 0.3) is 0 Å². The highest BCUT2D eigenvalue weighted by Gasteiger charge is 2.18. The van der Waals surface area contributed by atoms with Gasteiger partial charge in [-0.25, -0.2) is 10.9 Å². The van der Waals surface area contributed by atoms with E-state index in [4.69, 9.17) is 0 Å². The molecule has 0 saturated carbocycles. The minimum atomic E-state index is -0.196. The summed E-state index contributed by atoms with van der Waals surface area (Å²) >= 11 is 0. The van der Waals surface area contributed by atoms with E-state index >= 15 is 0 Å². The Kier molecular flexibility index (Phi) is 5.42. The van der Waals surface area contributed by atoms with E-state index < -0.39 is 0 Å². The maximum atomic E-state index is 3.54. The quantitative estimate of drug-likeness (QED) is 0.407. The van der Waals surface area contributed by atoms with Crippen molar-refractivity contribution in [2.75, 3.05) is 5.32 Å². The summed E-state index contributed by atoms with van der Waals surface area (Å²) in [5.41, 5.74) is 16.1. The molecule has 1 aliphatic heterocycles. The average Bonchev–Trinajstić information content (AvgIpc) is 3.24. The van der Waals surface area contributed by atoms with Crippen LogP contribution in [0.1, 0.15) is 11.1 Å². The zero-order valence-corrected chi connectivity index (χ0v) is 14.7. The molecular weight excluding hydrogens is 336 g/mol. The molecule has 6 heteroatoms. The van der Waals surface area contributed by atoms with Gasteiger partial charge in [-0.1, -0.05) is 78.9 Å². The van der Waals surface area contributed by atoms with Gasteiger partial charge in [-0.05, 0) is 23.3 Å². The van der Waals surface area contributed by atoms with Gasteiger partial charge in [-0.15, -0.1) is 0 Å². The molecule has 0 unspecified atom stereocenters. The number of rotatable bonds is 6. The number of hydrogen-bond acceptors (Lipinski definition) is 6. The Morgan fingerprint density at radius 2 is 1.11 bits per heavy atom. The monoisotopic (exact) mass is 358 g/mol. The van der Waals surface area contributed by atoms with E-state index in [1.807, 2.05) is 66.7 Å². The molecule has 0 atom stereocenters. The minimum absolute atomic E-state index is 0.196. The van der Waals surface area contributed by atoms with Crippen LogP contribution < -0.4 is 32.6 Å². The first-order chi connectivity index (χ1) is 13.4. The largest absolute Gasteiger partial charge is 0.341 e. The van der Waals surface area contributed by atoms with Gasteiger partial charge in [0.2, 0.25) is 0 Å². The van der Waals surface area contributed by atoms with E-state index in [2.05, 4.69) is 56.8 Å². The van der Waals surface area contributed by atoms with Gasteiger partial charge >= 0.3 is 0 Å². The Morgan fingerprint density at radius 3 is 1.63 bits per heavy atom. The standard InChI is InChI=1S/C21H22N6/c1-4-10-16(11-5-1)19(17-12-6-2-7-13-17)20(23-21-24-26-27-25-21)22-18-14-8-3-9-15-18/h1-15,21-27H. The highest BCUT2D eigenvalue weighted by Crippen LogP contribution is 2.27. The van der Waals surface area contributed by atoms with Gasteiger partial charge < -0.3 is 10.6 Å². The average molecular weight is 358 g/mol. The number of benzene rings is 3. The number of nitrogens with one attached hydrogen (secondary N) is 6. The Hall–Kier alpha value is -3.16. The summed E-state index contributed by atoms with van der Waals surface area (Å²) in [6, 6.07) is 30.8. The van der Waals surface area contributed by atoms with Gasteiger partial charge in [-0.3, -0.25) is 0 Å². The van der Waals surface area contributed by atoms with Crippen LogP contribution in [-0.2, 0) is 0 Å². The van der Waals surface area contributed by atoms with Gasteiger partial charge in [-0.2, -0.15) is 11.1 Å². The fourth-order valence-electron chi connectivity index (χ4n) is 2.97. The third-order valence-electron chi connectivity index (χ3n) is 4.20. The highest BCUT2D eigenvalue weighted by atomic mass is 15.8. The molecule has 0 radical (unpaired) electrons. The van der Waals surface area contributed by atoms with E-state index in [9.17, 15) is 0 Å². The molecule has 1 fully saturated rings. The lowest BCUT2D eigenvalue weighted by atomic mass is 9.97. The van der Waals surface area contributed by atoms with Crippen molar-refractivity contribution in [3.8, 4) is 0 Å². The Bertz CT molecular complexity index is 833. The van der Waals surface area contributed by atoms with Crippen LogP contribution in [0.4, 0.5) is 5.69 Å². The molecule has 0 aromatic heterocycles. The zero-order valence-electron chi connectivity index (χ0n) is 14.7. The lowest BCUT2D eigenvalue weighted by Crippen LogP contribution is -2.48.